The minimum absolute atomic E-state index is 0.0000849. The van der Waals surface area contributed by atoms with Crippen molar-refractivity contribution >= 4 is 10.5 Å². The Morgan fingerprint density at radius 1 is 1.00 bits per heavy atom. The molecule has 0 aromatic carbocycles. The maximum Gasteiger partial charge on any atom is 0.145 e. The lowest BCUT2D eigenvalue weighted by molar-refractivity contribution is -0.0876. The van der Waals surface area contributed by atoms with Crippen molar-refractivity contribution in [2.24, 2.45) is 23.2 Å². The topological polar surface area (TPSA) is 29.5 Å². The van der Waals surface area contributed by atoms with Crippen LogP contribution >= 0.6 is 0 Å². The number of aliphatic hydroxyl groups is 1. The van der Waals surface area contributed by atoms with Crippen molar-refractivity contribution in [1.82, 2.24) is 0 Å². The van der Waals surface area contributed by atoms with E-state index in [1.165, 1.54) is 0 Å². The van der Waals surface area contributed by atoms with E-state index in [9.17, 15) is 5.11 Å². The Hall–Kier alpha value is 0.137. The molecular weight excluding hydrogens is 216 g/mol. The van der Waals surface area contributed by atoms with Gasteiger partial charge in [-0.25, -0.2) is 0 Å². The molecule has 0 heterocycles. The molecule has 2 nitrogen and oxygen atoms in total. The van der Waals surface area contributed by atoms with Crippen molar-refractivity contribution in [3.63, 3.8) is 0 Å². The normalized spacial score (nSPS) is 15.4. The molecule has 16 heavy (non-hydrogen) atoms. The van der Waals surface area contributed by atoms with Crippen LogP contribution in [-0.4, -0.2) is 28.3 Å². The first kappa shape index (κ1) is 16.1. The largest absolute Gasteiger partial charge is 0.428 e. The fourth-order valence-corrected chi connectivity index (χ4v) is 3.87. The lowest BCUT2D eigenvalue weighted by atomic mass is 9.58. The number of hydrogen-bond donors (Lipinski definition) is 1. The van der Waals surface area contributed by atoms with Crippen LogP contribution in [0.2, 0.25) is 0 Å². The highest BCUT2D eigenvalue weighted by atomic mass is 28.2. The summed E-state index contributed by atoms with van der Waals surface area (Å²) in [6.45, 7) is 14.1. The van der Waals surface area contributed by atoms with Crippen molar-refractivity contribution in [3.05, 3.63) is 0 Å². The number of aliphatic hydroxyl groups excluding tert-OH is 1. The van der Waals surface area contributed by atoms with Gasteiger partial charge in [-0.15, -0.1) is 0 Å². The first-order valence-corrected chi connectivity index (χ1v) is 7.30. The van der Waals surface area contributed by atoms with E-state index in [4.69, 9.17) is 4.43 Å². The smallest absolute Gasteiger partial charge is 0.145 e. The van der Waals surface area contributed by atoms with Gasteiger partial charge >= 0.3 is 0 Å². The first-order chi connectivity index (χ1) is 7.31. The predicted molar refractivity (Wildman–Crippen MR) is 73.5 cm³/mol. The van der Waals surface area contributed by atoms with Gasteiger partial charge < -0.3 is 9.53 Å². The number of hydrogen-bond acceptors (Lipinski definition) is 2. The molecule has 1 atom stereocenters. The molecule has 0 fully saturated rings. The molecule has 0 bridgehead atoms. The predicted octanol–water partition coefficient (Wildman–Crippen LogP) is 1.99. The molecule has 0 aliphatic rings. The minimum atomic E-state index is -0.263. The molecule has 0 amide bonds. The van der Waals surface area contributed by atoms with Crippen LogP contribution in [0.5, 0.6) is 0 Å². The maximum atomic E-state index is 10.5. The molecule has 98 valence electrons. The fourth-order valence-electron chi connectivity index (χ4n) is 3.63. The molecule has 0 saturated heterocycles. The highest BCUT2D eigenvalue weighted by molar-refractivity contribution is 5.97. The van der Waals surface area contributed by atoms with Crippen LogP contribution < -0.4 is 0 Å². The van der Waals surface area contributed by atoms with Crippen LogP contribution in [0.25, 0.3) is 0 Å². The second-order valence-corrected chi connectivity index (χ2v) is 6.34. The standard InChI is InChI=1S/C13H30O2Si/c1-9(2)13(10(3)4,11(5)6)12(14)7-8-15-16/h9-12,14H,7-8H2,1-6,16H3. The Balaban J connectivity index is 5.02. The van der Waals surface area contributed by atoms with Gasteiger partial charge in [-0.1, -0.05) is 41.5 Å². The quantitative estimate of drug-likeness (QED) is 0.696. The summed E-state index contributed by atoms with van der Waals surface area (Å²) in [7, 11) is 0.759. The highest BCUT2D eigenvalue weighted by Crippen LogP contribution is 2.46. The third kappa shape index (κ3) is 3.08. The van der Waals surface area contributed by atoms with Gasteiger partial charge in [-0.3, -0.25) is 0 Å². The molecule has 0 aromatic heterocycles. The molecule has 0 aliphatic carbocycles. The van der Waals surface area contributed by atoms with Crippen molar-refractivity contribution in [2.45, 2.75) is 54.1 Å². The van der Waals surface area contributed by atoms with E-state index in [1.54, 1.807) is 0 Å². The molecule has 0 rings (SSSR count). The molecule has 1 N–H and O–H groups in total. The SMILES string of the molecule is CC(C)C(C(C)C)(C(C)C)C(O)CCO[SiH3]. The molecule has 0 radical (unpaired) electrons. The summed E-state index contributed by atoms with van der Waals surface area (Å²) in [5.41, 5.74) is 0.0000849. The summed E-state index contributed by atoms with van der Waals surface area (Å²) >= 11 is 0. The van der Waals surface area contributed by atoms with Gasteiger partial charge in [0.1, 0.15) is 10.5 Å². The van der Waals surface area contributed by atoms with Crippen molar-refractivity contribution in [2.75, 3.05) is 6.61 Å². The molecule has 0 saturated carbocycles. The van der Waals surface area contributed by atoms with Gasteiger partial charge in [0, 0.05) is 12.0 Å². The van der Waals surface area contributed by atoms with Crippen LogP contribution in [0.1, 0.15) is 48.0 Å². The second kappa shape index (κ2) is 6.77. The average Bonchev–Trinajstić information content (AvgIpc) is 2.13. The number of rotatable bonds is 7. The van der Waals surface area contributed by atoms with E-state index >= 15 is 0 Å². The van der Waals surface area contributed by atoms with E-state index in [-0.39, 0.29) is 11.5 Å². The van der Waals surface area contributed by atoms with Gasteiger partial charge in [0.15, 0.2) is 0 Å². The summed E-state index contributed by atoms with van der Waals surface area (Å²) in [5, 5.41) is 10.5. The van der Waals surface area contributed by atoms with Crippen LogP contribution in [0, 0.1) is 23.2 Å². The molecule has 3 heteroatoms. The molecule has 0 aromatic rings. The Labute approximate surface area is 104 Å². The third-order valence-corrected chi connectivity index (χ3v) is 4.58. The van der Waals surface area contributed by atoms with Gasteiger partial charge in [0.05, 0.1) is 6.10 Å². The van der Waals surface area contributed by atoms with E-state index < -0.39 is 0 Å². The van der Waals surface area contributed by atoms with E-state index in [0.29, 0.717) is 24.4 Å². The van der Waals surface area contributed by atoms with E-state index in [0.717, 1.165) is 16.9 Å². The van der Waals surface area contributed by atoms with Crippen molar-refractivity contribution < 1.29 is 9.53 Å². The lowest BCUT2D eigenvalue weighted by Crippen LogP contribution is -2.48. The van der Waals surface area contributed by atoms with Crippen LogP contribution in [0.3, 0.4) is 0 Å². The maximum absolute atomic E-state index is 10.5. The van der Waals surface area contributed by atoms with Gasteiger partial charge in [0.25, 0.3) is 0 Å². The molecule has 0 spiro atoms. The van der Waals surface area contributed by atoms with E-state index in [2.05, 4.69) is 41.5 Å². The Morgan fingerprint density at radius 3 is 1.62 bits per heavy atom. The summed E-state index contributed by atoms with van der Waals surface area (Å²) in [6, 6.07) is 0. The zero-order chi connectivity index (χ0) is 12.9. The molecular formula is C13H30O2Si. The molecule has 0 aliphatic heterocycles. The Kier molecular flexibility index (Phi) is 6.83. The van der Waals surface area contributed by atoms with Crippen LogP contribution in [-0.2, 0) is 4.43 Å². The molecule has 1 unspecified atom stereocenters. The van der Waals surface area contributed by atoms with Gasteiger partial charge in [0.2, 0.25) is 0 Å². The lowest BCUT2D eigenvalue weighted by Gasteiger charge is -2.48. The highest BCUT2D eigenvalue weighted by Gasteiger charge is 2.45. The summed E-state index contributed by atoms with van der Waals surface area (Å²) in [5.74, 6) is 1.45. The van der Waals surface area contributed by atoms with Crippen LogP contribution in [0.4, 0.5) is 0 Å². The second-order valence-electron chi connectivity index (χ2n) is 5.76. The van der Waals surface area contributed by atoms with Gasteiger partial charge in [-0.05, 0) is 24.2 Å². The fraction of sp³-hybridized carbons (Fsp3) is 1.00. The van der Waals surface area contributed by atoms with Crippen molar-refractivity contribution in [3.8, 4) is 0 Å². The zero-order valence-corrected chi connectivity index (χ0v) is 14.1. The summed E-state index contributed by atoms with van der Waals surface area (Å²) in [6.07, 6.45) is 0.499. The first-order valence-electron chi connectivity index (χ1n) is 6.48. The summed E-state index contributed by atoms with van der Waals surface area (Å²) < 4.78 is 5.23. The average molecular weight is 246 g/mol. The van der Waals surface area contributed by atoms with E-state index in [1.807, 2.05) is 0 Å². The van der Waals surface area contributed by atoms with Crippen molar-refractivity contribution in [1.29, 1.82) is 0 Å². The Morgan fingerprint density at radius 2 is 1.38 bits per heavy atom. The summed E-state index contributed by atoms with van der Waals surface area (Å²) in [4.78, 5) is 0. The minimum Gasteiger partial charge on any atom is -0.428 e. The van der Waals surface area contributed by atoms with Crippen LogP contribution in [0.15, 0.2) is 0 Å². The van der Waals surface area contributed by atoms with Gasteiger partial charge in [-0.2, -0.15) is 0 Å². The monoisotopic (exact) mass is 246 g/mol. The Bertz CT molecular complexity index is 169. The third-order valence-electron chi connectivity index (χ3n) is 4.17. The zero-order valence-electron chi connectivity index (χ0n) is 12.1.